The van der Waals surface area contributed by atoms with E-state index in [4.69, 9.17) is 4.74 Å². The molecular weight excluding hydrogens is 564 g/mol. The van der Waals surface area contributed by atoms with E-state index in [1.807, 2.05) is 97.1 Å². The highest BCUT2D eigenvalue weighted by Gasteiger charge is 2.38. The average molecular weight is 607 g/mol. The van der Waals surface area contributed by atoms with Crippen LogP contribution in [0, 0.1) is 5.92 Å². The molecule has 0 unspecified atom stereocenters. The van der Waals surface area contributed by atoms with Crippen molar-refractivity contribution in [3.05, 3.63) is 126 Å². The van der Waals surface area contributed by atoms with E-state index in [0.717, 1.165) is 36.2 Å². The molecule has 0 aliphatic carbocycles. The van der Waals surface area contributed by atoms with Gasteiger partial charge in [-0.25, -0.2) is 4.79 Å². The Labute approximate surface area is 265 Å². The number of nitrogens with zero attached hydrogens (tertiary/aromatic N) is 2. The Morgan fingerprint density at radius 2 is 1.58 bits per heavy atom. The molecule has 4 aromatic rings. The van der Waals surface area contributed by atoms with E-state index in [2.05, 4.69) is 24.8 Å². The van der Waals surface area contributed by atoms with E-state index in [1.165, 1.54) is 4.90 Å². The van der Waals surface area contributed by atoms with Gasteiger partial charge in [0.15, 0.2) is 0 Å². The number of hydrogen-bond acceptors (Lipinski definition) is 5. The highest BCUT2D eigenvalue weighted by atomic mass is 16.5. The number of para-hydroxylation sites is 1. The Balaban J connectivity index is 1.31. The number of carboxylic acids is 1. The second kappa shape index (κ2) is 14.4. The Bertz CT molecular complexity index is 1580. The summed E-state index contributed by atoms with van der Waals surface area (Å²) in [6, 6.07) is 32.9. The highest BCUT2D eigenvalue weighted by molar-refractivity contribution is 5.84. The first-order chi connectivity index (χ1) is 21.7. The molecule has 1 amide bonds. The molecule has 5 rings (SSSR count). The molecule has 7 heteroatoms. The van der Waals surface area contributed by atoms with Crippen molar-refractivity contribution in [1.29, 1.82) is 0 Å². The third-order valence-electron chi connectivity index (χ3n) is 9.20. The molecule has 1 aliphatic heterocycles. The molecule has 3 atom stereocenters. The fourth-order valence-corrected chi connectivity index (χ4v) is 6.28. The van der Waals surface area contributed by atoms with E-state index in [1.54, 1.807) is 6.07 Å². The molecule has 1 fully saturated rings. The van der Waals surface area contributed by atoms with Crippen LogP contribution in [0.15, 0.2) is 109 Å². The molecule has 1 heterocycles. The highest BCUT2D eigenvalue weighted by Crippen LogP contribution is 2.40. The molecule has 45 heavy (non-hydrogen) atoms. The number of phenols is 1. The van der Waals surface area contributed by atoms with Gasteiger partial charge >= 0.3 is 5.97 Å². The smallest absolute Gasteiger partial charge is 0.326 e. The lowest BCUT2D eigenvalue weighted by Gasteiger charge is -2.45. The van der Waals surface area contributed by atoms with Gasteiger partial charge in [-0.15, -0.1) is 0 Å². The Hall–Kier alpha value is -4.62. The van der Waals surface area contributed by atoms with Crippen LogP contribution in [-0.2, 0) is 28.0 Å². The summed E-state index contributed by atoms with van der Waals surface area (Å²) in [5.74, 6) is 0.675. The maximum Gasteiger partial charge on any atom is 0.326 e. The summed E-state index contributed by atoms with van der Waals surface area (Å²) in [5, 5.41) is 20.4. The second-order valence-electron chi connectivity index (χ2n) is 12.3. The van der Waals surface area contributed by atoms with Crippen molar-refractivity contribution in [3.63, 3.8) is 0 Å². The first kappa shape index (κ1) is 31.8. The van der Waals surface area contributed by atoms with Gasteiger partial charge in [-0.05, 0) is 77.4 Å². The van der Waals surface area contributed by atoms with Crippen LogP contribution in [0.5, 0.6) is 17.2 Å². The van der Waals surface area contributed by atoms with Crippen molar-refractivity contribution in [2.75, 3.05) is 19.6 Å². The van der Waals surface area contributed by atoms with E-state index < -0.39 is 12.0 Å². The minimum Gasteiger partial charge on any atom is -0.508 e. The number of carbonyl (C=O) groups excluding carboxylic acids is 1. The van der Waals surface area contributed by atoms with Gasteiger partial charge < -0.3 is 24.7 Å². The zero-order valence-corrected chi connectivity index (χ0v) is 26.0. The minimum atomic E-state index is -1.03. The molecule has 1 saturated heterocycles. The van der Waals surface area contributed by atoms with Gasteiger partial charge in [0.05, 0.1) is 0 Å². The summed E-state index contributed by atoms with van der Waals surface area (Å²) in [7, 11) is 0. The topological polar surface area (TPSA) is 90.3 Å². The van der Waals surface area contributed by atoms with Crippen molar-refractivity contribution in [2.45, 2.75) is 51.1 Å². The van der Waals surface area contributed by atoms with E-state index in [9.17, 15) is 19.8 Å². The van der Waals surface area contributed by atoms with Gasteiger partial charge in [-0.1, -0.05) is 86.6 Å². The first-order valence-electron chi connectivity index (χ1n) is 15.6. The third-order valence-corrected chi connectivity index (χ3v) is 9.20. The molecule has 4 aromatic carbocycles. The van der Waals surface area contributed by atoms with Gasteiger partial charge in [0, 0.05) is 32.5 Å². The van der Waals surface area contributed by atoms with Crippen LogP contribution < -0.4 is 4.74 Å². The van der Waals surface area contributed by atoms with Gasteiger partial charge in [0.1, 0.15) is 23.3 Å². The predicted octanol–water partition coefficient (Wildman–Crippen LogP) is 6.90. The monoisotopic (exact) mass is 606 g/mol. The van der Waals surface area contributed by atoms with E-state index >= 15 is 0 Å². The summed E-state index contributed by atoms with van der Waals surface area (Å²) in [4.78, 5) is 30.4. The first-order valence-corrected chi connectivity index (χ1v) is 15.6. The number of hydrogen-bond donors (Lipinski definition) is 2. The van der Waals surface area contributed by atoms with Crippen molar-refractivity contribution < 1.29 is 24.5 Å². The Kier molecular flexibility index (Phi) is 10.2. The zero-order chi connectivity index (χ0) is 31.8. The summed E-state index contributed by atoms with van der Waals surface area (Å²) in [5.41, 5.74) is 2.70. The van der Waals surface area contributed by atoms with Gasteiger partial charge in [-0.2, -0.15) is 0 Å². The number of likely N-dealkylation sites (tertiary alicyclic amines) is 1. The van der Waals surface area contributed by atoms with Gasteiger partial charge in [0.25, 0.3) is 0 Å². The maximum absolute atomic E-state index is 13.9. The maximum atomic E-state index is 13.9. The standard InChI is InChI=1S/C38H42N2O5/c1-28-26-39(22-20-38(28,2)31-14-10-15-32(41)25-31)21-19-36(42)40(35(37(43)44)24-29-11-5-3-6-12-29)27-30-13-9-18-34(23-30)45-33-16-7-4-8-17-33/h3-18,23,25,28,35,41H,19-22,24,26-27H2,1-2H3,(H,43,44)/t28-,35-,38+/m0/s1. The van der Waals surface area contributed by atoms with Crippen LogP contribution in [-0.4, -0.2) is 57.6 Å². The quantitative estimate of drug-likeness (QED) is 0.182. The fraction of sp³-hybridized carbons (Fsp3) is 0.316. The van der Waals surface area contributed by atoms with Crippen LogP contribution in [0.2, 0.25) is 0 Å². The summed E-state index contributed by atoms with van der Waals surface area (Å²) >= 11 is 0. The largest absolute Gasteiger partial charge is 0.508 e. The van der Waals surface area contributed by atoms with E-state index in [-0.39, 0.29) is 36.5 Å². The number of phenolic OH excluding ortho intramolecular Hbond substituents is 1. The number of aliphatic carboxylic acids is 1. The summed E-state index contributed by atoms with van der Waals surface area (Å²) in [6.07, 6.45) is 1.33. The van der Waals surface area contributed by atoms with Crippen LogP contribution in [0.4, 0.5) is 0 Å². The average Bonchev–Trinajstić information content (AvgIpc) is 3.04. The van der Waals surface area contributed by atoms with Crippen molar-refractivity contribution >= 4 is 11.9 Å². The normalized spacial score (nSPS) is 19.0. The molecule has 7 nitrogen and oxygen atoms in total. The number of aromatic hydroxyl groups is 1. The molecule has 0 aromatic heterocycles. The minimum absolute atomic E-state index is 0.0811. The lowest BCUT2D eigenvalue weighted by molar-refractivity contribution is -0.151. The molecule has 234 valence electrons. The molecule has 0 bridgehead atoms. The number of ether oxygens (including phenoxy) is 1. The number of amides is 1. The van der Waals surface area contributed by atoms with Crippen LogP contribution >= 0.6 is 0 Å². The molecule has 2 N–H and O–H groups in total. The lowest BCUT2D eigenvalue weighted by Crippen LogP contribution is -2.49. The van der Waals surface area contributed by atoms with E-state index in [0.29, 0.717) is 24.0 Å². The van der Waals surface area contributed by atoms with Crippen molar-refractivity contribution in [1.82, 2.24) is 9.80 Å². The zero-order valence-electron chi connectivity index (χ0n) is 26.0. The molecule has 0 radical (unpaired) electrons. The second-order valence-corrected chi connectivity index (χ2v) is 12.3. The van der Waals surface area contributed by atoms with Crippen molar-refractivity contribution in [2.24, 2.45) is 5.92 Å². The van der Waals surface area contributed by atoms with Crippen LogP contribution in [0.1, 0.15) is 43.4 Å². The van der Waals surface area contributed by atoms with Crippen LogP contribution in [0.3, 0.4) is 0 Å². The van der Waals surface area contributed by atoms with Crippen LogP contribution in [0.25, 0.3) is 0 Å². The van der Waals surface area contributed by atoms with Gasteiger partial charge in [0.2, 0.25) is 5.91 Å². The number of rotatable bonds is 12. The molecule has 0 saturated carbocycles. The lowest BCUT2D eigenvalue weighted by atomic mass is 9.68. The summed E-state index contributed by atoms with van der Waals surface area (Å²) in [6.45, 7) is 6.79. The summed E-state index contributed by atoms with van der Waals surface area (Å²) < 4.78 is 6.02. The predicted molar refractivity (Wildman–Crippen MR) is 175 cm³/mol. The Morgan fingerprint density at radius 1 is 0.911 bits per heavy atom. The SMILES string of the molecule is C[C@H]1CN(CCC(=O)N(Cc2cccc(Oc3ccccc3)c2)[C@@H](Cc2ccccc2)C(=O)O)CC[C@@]1(C)c1cccc(O)c1. The third kappa shape index (κ3) is 8.11. The fourth-order valence-electron chi connectivity index (χ4n) is 6.28. The number of piperidine rings is 1. The number of benzene rings is 4. The molecule has 1 aliphatic rings. The molecule has 0 spiro atoms. The Morgan fingerprint density at radius 3 is 2.27 bits per heavy atom. The number of carboxylic acid groups (broad SMARTS) is 1. The van der Waals surface area contributed by atoms with Gasteiger partial charge in [-0.3, -0.25) is 4.79 Å². The number of carbonyl (C=O) groups is 2. The molecular formula is C38H42N2O5. The van der Waals surface area contributed by atoms with Crippen molar-refractivity contribution in [3.8, 4) is 17.2 Å².